The van der Waals surface area contributed by atoms with Gasteiger partial charge in [-0.15, -0.1) is 10.2 Å². The van der Waals surface area contributed by atoms with Crippen molar-refractivity contribution >= 4 is 33.4 Å². The minimum absolute atomic E-state index is 0.0741. The third kappa shape index (κ3) is 3.42. The number of halogens is 1. The van der Waals surface area contributed by atoms with Gasteiger partial charge in [-0.1, -0.05) is 48.5 Å². The number of aromatic amines is 1. The molecule has 0 bridgehead atoms. The maximum atomic E-state index is 13.4. The van der Waals surface area contributed by atoms with Gasteiger partial charge in [0.1, 0.15) is 5.82 Å². The maximum Gasteiger partial charge on any atom is 0.296 e. The van der Waals surface area contributed by atoms with E-state index in [9.17, 15) is 14.3 Å². The Morgan fingerprint density at radius 2 is 1.71 bits per heavy atom. The molecule has 0 aliphatic rings. The molecule has 0 radical (unpaired) electrons. The number of aromatic hydroxyl groups is 1. The van der Waals surface area contributed by atoms with Crippen molar-refractivity contribution in [2.24, 2.45) is 10.2 Å². The first-order valence-corrected chi connectivity index (χ1v) is 9.51. The van der Waals surface area contributed by atoms with Gasteiger partial charge in [0.05, 0.1) is 22.3 Å². The van der Waals surface area contributed by atoms with Crippen LogP contribution in [0.1, 0.15) is 10.4 Å². The second-order valence-corrected chi connectivity index (χ2v) is 6.96. The van der Waals surface area contributed by atoms with E-state index in [1.807, 2.05) is 48.5 Å². The Hall–Kier alpha value is -4.39. The lowest BCUT2D eigenvalue weighted by Crippen LogP contribution is -1.98. The van der Waals surface area contributed by atoms with E-state index in [0.29, 0.717) is 33.1 Å². The van der Waals surface area contributed by atoms with Gasteiger partial charge in [0.2, 0.25) is 5.88 Å². The topological polar surface area (TPSA) is 90.7 Å². The Morgan fingerprint density at radius 3 is 2.55 bits per heavy atom. The van der Waals surface area contributed by atoms with E-state index >= 15 is 0 Å². The van der Waals surface area contributed by atoms with Gasteiger partial charge in [0, 0.05) is 16.3 Å². The molecule has 0 spiro atoms. The minimum atomic E-state index is -0.577. The fourth-order valence-electron chi connectivity index (χ4n) is 3.50. The number of hydrogen-bond donors (Lipinski definition) is 2. The van der Waals surface area contributed by atoms with Gasteiger partial charge in [-0.2, -0.15) is 0 Å². The SMILES string of the molecule is O=C(N=Nc1c(O)[nH]c2cc(F)ccc12)c1cc(-c2ccccc2)nc2ccccc12. The number of azo groups is 1. The molecule has 5 rings (SSSR count). The number of H-pyrrole nitrogens is 1. The molecule has 0 saturated heterocycles. The summed E-state index contributed by atoms with van der Waals surface area (Å²) in [7, 11) is 0. The lowest BCUT2D eigenvalue weighted by molar-refractivity contribution is 0.0996. The molecule has 2 heterocycles. The van der Waals surface area contributed by atoms with E-state index in [0.717, 1.165) is 5.56 Å². The molecule has 6 nitrogen and oxygen atoms in total. The average molecular weight is 410 g/mol. The van der Waals surface area contributed by atoms with Crippen LogP contribution in [-0.4, -0.2) is 21.0 Å². The van der Waals surface area contributed by atoms with Crippen LogP contribution in [0.15, 0.2) is 89.1 Å². The summed E-state index contributed by atoms with van der Waals surface area (Å²) in [5.74, 6) is -1.32. The number of nitrogens with zero attached hydrogens (tertiary/aromatic N) is 3. The smallest absolute Gasteiger partial charge is 0.296 e. The molecule has 1 amide bonds. The Morgan fingerprint density at radius 1 is 0.935 bits per heavy atom. The summed E-state index contributed by atoms with van der Waals surface area (Å²) in [6.07, 6.45) is 0. The van der Waals surface area contributed by atoms with Gasteiger partial charge >= 0.3 is 0 Å². The molecule has 0 fully saturated rings. The number of amides is 1. The first-order valence-electron chi connectivity index (χ1n) is 9.51. The number of hydrogen-bond acceptors (Lipinski definition) is 4. The van der Waals surface area contributed by atoms with E-state index in [1.54, 1.807) is 12.1 Å². The molecule has 0 saturated carbocycles. The lowest BCUT2D eigenvalue weighted by atomic mass is 10.0. The molecular weight excluding hydrogens is 395 g/mol. The highest BCUT2D eigenvalue weighted by Gasteiger charge is 2.15. The highest BCUT2D eigenvalue weighted by atomic mass is 19.1. The molecule has 150 valence electrons. The average Bonchev–Trinajstić information content (AvgIpc) is 3.11. The van der Waals surface area contributed by atoms with Crippen LogP contribution in [-0.2, 0) is 0 Å². The number of fused-ring (bicyclic) bond motifs is 2. The van der Waals surface area contributed by atoms with Crippen LogP contribution in [0.25, 0.3) is 33.1 Å². The van der Waals surface area contributed by atoms with Gasteiger partial charge in [-0.25, -0.2) is 9.37 Å². The Balaban J connectivity index is 1.59. The van der Waals surface area contributed by atoms with Gasteiger partial charge in [0.15, 0.2) is 5.69 Å². The number of aromatic nitrogens is 2. The van der Waals surface area contributed by atoms with Crippen molar-refractivity contribution in [3.05, 3.63) is 90.2 Å². The first kappa shape index (κ1) is 18.6. The van der Waals surface area contributed by atoms with E-state index in [2.05, 4.69) is 20.2 Å². The quantitative estimate of drug-likeness (QED) is 0.349. The summed E-state index contributed by atoms with van der Waals surface area (Å²) in [4.78, 5) is 20.3. The number of pyridine rings is 1. The highest BCUT2D eigenvalue weighted by molar-refractivity contribution is 6.07. The van der Waals surface area contributed by atoms with E-state index in [4.69, 9.17) is 0 Å². The largest absolute Gasteiger partial charge is 0.493 e. The Labute approximate surface area is 175 Å². The monoisotopic (exact) mass is 410 g/mol. The van der Waals surface area contributed by atoms with E-state index < -0.39 is 11.7 Å². The Bertz CT molecular complexity index is 1480. The fourth-order valence-corrected chi connectivity index (χ4v) is 3.50. The first-order chi connectivity index (χ1) is 15.1. The van der Waals surface area contributed by atoms with Gasteiger partial charge in [0.25, 0.3) is 5.91 Å². The van der Waals surface area contributed by atoms with Crippen molar-refractivity contribution in [3.63, 3.8) is 0 Å². The number of benzene rings is 3. The number of carbonyl (C=O) groups excluding carboxylic acids is 1. The summed E-state index contributed by atoms with van der Waals surface area (Å²) in [6.45, 7) is 0. The van der Waals surface area contributed by atoms with Crippen molar-refractivity contribution in [3.8, 4) is 17.1 Å². The zero-order valence-electron chi connectivity index (χ0n) is 16.1. The molecule has 0 aliphatic heterocycles. The fraction of sp³-hybridized carbons (Fsp3) is 0. The van der Waals surface area contributed by atoms with Crippen LogP contribution < -0.4 is 0 Å². The van der Waals surface area contributed by atoms with Crippen molar-refractivity contribution in [1.29, 1.82) is 0 Å². The summed E-state index contributed by atoms with van der Waals surface area (Å²) < 4.78 is 13.4. The third-order valence-electron chi connectivity index (χ3n) is 4.97. The minimum Gasteiger partial charge on any atom is -0.493 e. The number of nitrogens with one attached hydrogen (secondary N) is 1. The van der Waals surface area contributed by atoms with Gasteiger partial charge in [-0.05, 0) is 30.3 Å². The van der Waals surface area contributed by atoms with E-state index in [1.165, 1.54) is 18.2 Å². The molecule has 2 N–H and O–H groups in total. The summed E-state index contributed by atoms with van der Waals surface area (Å²) in [6, 6.07) is 22.5. The Kier molecular flexibility index (Phi) is 4.48. The molecule has 0 aliphatic carbocycles. The van der Waals surface area contributed by atoms with Crippen molar-refractivity contribution in [1.82, 2.24) is 9.97 Å². The normalized spacial score (nSPS) is 11.5. The standard InChI is InChI=1S/C24H15FN4O2/c25-15-10-11-17-21(12-15)27-24(31)22(17)28-29-23(30)18-13-20(14-6-2-1-3-7-14)26-19-9-5-4-8-16(18)19/h1-13,27,31H. The maximum absolute atomic E-state index is 13.4. The highest BCUT2D eigenvalue weighted by Crippen LogP contribution is 2.36. The summed E-state index contributed by atoms with van der Waals surface area (Å²) >= 11 is 0. The second-order valence-electron chi connectivity index (χ2n) is 6.96. The van der Waals surface area contributed by atoms with Crippen molar-refractivity contribution in [2.75, 3.05) is 0 Å². The molecular formula is C24H15FN4O2. The second kappa shape index (κ2) is 7.46. The van der Waals surface area contributed by atoms with Crippen LogP contribution in [0.2, 0.25) is 0 Å². The van der Waals surface area contributed by atoms with Gasteiger partial charge < -0.3 is 10.1 Å². The number of para-hydroxylation sites is 1. The molecule has 31 heavy (non-hydrogen) atoms. The molecule has 0 unspecified atom stereocenters. The van der Waals surface area contributed by atoms with Crippen LogP contribution in [0.4, 0.5) is 10.1 Å². The zero-order chi connectivity index (χ0) is 21.4. The molecule has 0 atom stereocenters. The van der Waals surface area contributed by atoms with Crippen molar-refractivity contribution in [2.45, 2.75) is 0 Å². The number of carbonyl (C=O) groups is 1. The lowest BCUT2D eigenvalue weighted by Gasteiger charge is -2.07. The van der Waals surface area contributed by atoms with Crippen LogP contribution in [0.3, 0.4) is 0 Å². The molecule has 5 aromatic rings. The van der Waals surface area contributed by atoms with Gasteiger partial charge in [-0.3, -0.25) is 4.79 Å². The van der Waals surface area contributed by atoms with E-state index in [-0.39, 0.29) is 11.6 Å². The van der Waals surface area contributed by atoms with Crippen LogP contribution in [0.5, 0.6) is 5.88 Å². The predicted octanol–water partition coefficient (Wildman–Crippen LogP) is 6.15. The predicted molar refractivity (Wildman–Crippen MR) is 116 cm³/mol. The van der Waals surface area contributed by atoms with Crippen LogP contribution >= 0.6 is 0 Å². The molecule has 7 heteroatoms. The summed E-state index contributed by atoms with van der Waals surface area (Å²) in [5.41, 5.74) is 2.95. The zero-order valence-corrected chi connectivity index (χ0v) is 16.1. The van der Waals surface area contributed by atoms with Crippen LogP contribution in [0, 0.1) is 5.82 Å². The van der Waals surface area contributed by atoms with Crippen molar-refractivity contribution < 1.29 is 14.3 Å². The third-order valence-corrected chi connectivity index (χ3v) is 4.97. The molecule has 2 aromatic heterocycles. The summed E-state index contributed by atoms with van der Waals surface area (Å²) in [5, 5.41) is 19.0. The number of rotatable bonds is 3. The molecule has 3 aromatic carbocycles.